The van der Waals surface area contributed by atoms with Crippen LogP contribution in [0.2, 0.25) is 0 Å². The number of nitrogens with one attached hydrogen (secondary N) is 1. The van der Waals surface area contributed by atoms with E-state index in [-0.39, 0.29) is 48.4 Å². The van der Waals surface area contributed by atoms with Crippen LogP contribution in [-0.2, 0) is 37.0 Å². The lowest BCUT2D eigenvalue weighted by Gasteiger charge is -2.30. The van der Waals surface area contributed by atoms with E-state index in [2.05, 4.69) is 46.6 Å². The van der Waals surface area contributed by atoms with Gasteiger partial charge in [0.15, 0.2) is 5.78 Å². The maximum atomic E-state index is 12.8. The first-order chi connectivity index (χ1) is 25.9. The average molecular weight is 744 g/mol. The molecule has 2 aromatic carbocycles. The van der Waals surface area contributed by atoms with Gasteiger partial charge in [0.25, 0.3) is 0 Å². The van der Waals surface area contributed by atoms with Crippen LogP contribution in [0.1, 0.15) is 89.0 Å². The van der Waals surface area contributed by atoms with Gasteiger partial charge in [-0.25, -0.2) is 14.3 Å². The topological polar surface area (TPSA) is 174 Å². The summed E-state index contributed by atoms with van der Waals surface area (Å²) in [4.78, 5) is 42.1. The highest BCUT2D eigenvalue weighted by molar-refractivity contribution is 6.23. The number of fused-ring (bicyclic) bond motifs is 3. The van der Waals surface area contributed by atoms with Crippen LogP contribution in [0.3, 0.4) is 0 Å². The molecule has 290 valence electrons. The Kier molecular flexibility index (Phi) is 14.1. The van der Waals surface area contributed by atoms with Crippen molar-refractivity contribution in [3.8, 4) is 11.1 Å². The minimum atomic E-state index is -1.12. The number of unbranched alkanes of at least 4 members (excludes halogenated alkanes) is 1. The van der Waals surface area contributed by atoms with Crippen molar-refractivity contribution in [1.82, 2.24) is 20.3 Å². The van der Waals surface area contributed by atoms with Gasteiger partial charge in [0, 0.05) is 31.0 Å². The van der Waals surface area contributed by atoms with Gasteiger partial charge in [-0.3, -0.25) is 9.79 Å². The number of rotatable bonds is 20. The lowest BCUT2D eigenvalue weighted by molar-refractivity contribution is -0.139. The molecule has 1 amide bonds. The van der Waals surface area contributed by atoms with Crippen molar-refractivity contribution in [3.63, 3.8) is 0 Å². The zero-order valence-electron chi connectivity index (χ0n) is 31.8. The van der Waals surface area contributed by atoms with Gasteiger partial charge in [-0.15, -0.1) is 5.10 Å². The second-order valence-corrected chi connectivity index (χ2v) is 15.2. The molecule has 54 heavy (non-hydrogen) atoms. The number of carbonyl (C=O) groups excluding carboxylic acids is 2. The summed E-state index contributed by atoms with van der Waals surface area (Å²) in [6, 6.07) is 15.0. The van der Waals surface area contributed by atoms with E-state index in [9.17, 15) is 24.6 Å². The Balaban J connectivity index is 0.983. The molecule has 5 rings (SSSR count). The fourth-order valence-electron chi connectivity index (χ4n) is 7.12. The van der Waals surface area contributed by atoms with Crippen molar-refractivity contribution in [2.75, 3.05) is 33.0 Å². The Labute approximate surface area is 316 Å². The molecule has 3 N–H and O–H groups in total. The van der Waals surface area contributed by atoms with E-state index in [1.54, 1.807) is 10.9 Å². The number of carboxylic acid groups (broad SMARTS) is 1. The number of carbonyl (C=O) groups is 3. The summed E-state index contributed by atoms with van der Waals surface area (Å²) >= 11 is 0. The maximum absolute atomic E-state index is 12.8. The second-order valence-electron chi connectivity index (χ2n) is 15.2. The number of aromatic nitrogens is 3. The Morgan fingerprint density at radius 2 is 1.69 bits per heavy atom. The molecule has 0 radical (unpaired) electrons. The van der Waals surface area contributed by atoms with Crippen LogP contribution in [-0.4, -0.2) is 87.8 Å². The molecule has 13 heteroatoms. The Hall–Kier alpha value is -4.88. The molecule has 1 atom stereocenters. The van der Waals surface area contributed by atoms with Crippen LogP contribution in [0, 0.1) is 11.3 Å². The number of amides is 1. The molecule has 0 bridgehead atoms. The minimum Gasteiger partial charge on any atom is -0.511 e. The fraction of sp³-hybridized carbons (Fsp3) is 0.512. The first-order valence-electron chi connectivity index (χ1n) is 18.8. The number of carboxylic acids is 1. The molecular formula is C41H53N5O8. The summed E-state index contributed by atoms with van der Waals surface area (Å²) in [6.45, 7) is 10.4. The van der Waals surface area contributed by atoms with Gasteiger partial charge in [-0.1, -0.05) is 81.4 Å². The predicted molar refractivity (Wildman–Crippen MR) is 203 cm³/mol. The smallest absolute Gasteiger partial charge is 0.407 e. The van der Waals surface area contributed by atoms with Crippen LogP contribution in [0.15, 0.2) is 71.1 Å². The van der Waals surface area contributed by atoms with Crippen molar-refractivity contribution < 1.29 is 38.8 Å². The van der Waals surface area contributed by atoms with Gasteiger partial charge in [0.05, 0.1) is 50.4 Å². The molecule has 1 unspecified atom stereocenters. The van der Waals surface area contributed by atoms with E-state index >= 15 is 0 Å². The third-order valence-corrected chi connectivity index (χ3v) is 9.65. The number of hydrogen-bond acceptors (Lipinski definition) is 10. The predicted octanol–water partition coefficient (Wildman–Crippen LogP) is 6.66. The van der Waals surface area contributed by atoms with E-state index in [0.29, 0.717) is 76.3 Å². The van der Waals surface area contributed by atoms with Crippen LogP contribution in [0.4, 0.5) is 4.79 Å². The SMILES string of the molecule is CC(C)CC(=NCCOCCOCc1cnnn1CCCCC(NC(=O)OCC1c2ccccc2-c2ccccc21)C(=O)O)C1=C(O)CC(C)(C)CC1=O. The normalized spacial score (nSPS) is 16.0. The zero-order chi connectivity index (χ0) is 38.7. The Morgan fingerprint density at radius 3 is 2.35 bits per heavy atom. The van der Waals surface area contributed by atoms with Crippen LogP contribution < -0.4 is 5.32 Å². The highest BCUT2D eigenvalue weighted by atomic mass is 16.5. The largest absolute Gasteiger partial charge is 0.511 e. The van der Waals surface area contributed by atoms with E-state index in [0.717, 1.165) is 27.9 Å². The highest BCUT2D eigenvalue weighted by Gasteiger charge is 2.35. The molecule has 1 aromatic heterocycles. The van der Waals surface area contributed by atoms with Crippen LogP contribution >= 0.6 is 0 Å². The molecule has 0 saturated heterocycles. The minimum absolute atomic E-state index is 0.0567. The quantitative estimate of drug-likeness (QED) is 0.0839. The number of aliphatic imine (C=N–C) groups is 1. The fourth-order valence-corrected chi connectivity index (χ4v) is 7.12. The van der Waals surface area contributed by atoms with E-state index in [4.69, 9.17) is 14.2 Å². The van der Waals surface area contributed by atoms with Crippen molar-refractivity contribution >= 4 is 23.6 Å². The van der Waals surface area contributed by atoms with Crippen molar-refractivity contribution in [1.29, 1.82) is 0 Å². The van der Waals surface area contributed by atoms with E-state index in [1.807, 2.05) is 50.2 Å². The summed E-state index contributed by atoms with van der Waals surface area (Å²) in [6.07, 6.45) is 3.70. The van der Waals surface area contributed by atoms with Gasteiger partial charge in [-0.05, 0) is 59.3 Å². The third-order valence-electron chi connectivity index (χ3n) is 9.65. The number of Topliss-reactive ketones (excluding diaryl/α,β-unsaturated/α-hetero) is 1. The lowest BCUT2D eigenvalue weighted by atomic mass is 9.75. The molecule has 3 aromatic rings. The Bertz CT molecular complexity index is 1790. The van der Waals surface area contributed by atoms with Crippen molar-refractivity contribution in [2.24, 2.45) is 16.3 Å². The van der Waals surface area contributed by atoms with Crippen LogP contribution in [0.5, 0.6) is 0 Å². The molecule has 1 heterocycles. The number of aliphatic hydroxyl groups is 1. The van der Waals surface area contributed by atoms with Gasteiger partial charge in [0.2, 0.25) is 0 Å². The molecule has 2 aliphatic rings. The summed E-state index contributed by atoms with van der Waals surface area (Å²) in [5.41, 5.74) is 5.94. The number of alkyl carbamates (subject to hydrolysis) is 1. The van der Waals surface area contributed by atoms with Crippen molar-refractivity contribution in [3.05, 3.63) is 82.9 Å². The van der Waals surface area contributed by atoms with Gasteiger partial charge in [0.1, 0.15) is 18.4 Å². The summed E-state index contributed by atoms with van der Waals surface area (Å²) in [7, 11) is 0. The first kappa shape index (κ1) is 40.3. The van der Waals surface area contributed by atoms with Gasteiger partial charge in [-0.2, -0.15) is 0 Å². The molecule has 0 saturated carbocycles. The number of aliphatic carboxylic acids is 1. The number of ether oxygens (including phenoxy) is 3. The van der Waals surface area contributed by atoms with Gasteiger partial charge >= 0.3 is 12.1 Å². The standard InChI is InChI=1S/C41H53N5O8/c1-27(2)21-35(38-36(47)22-41(3,4)23-37(38)48)42-16-18-52-19-20-53-25-28-24-43-45-46(28)17-10-9-15-34(39(49)50)44-40(51)54-26-33-31-13-7-5-11-29(31)30-12-6-8-14-32(30)33/h5-8,11-14,24,27,33-34,47H,9-10,15-23,25-26H2,1-4H3,(H,44,51)(H,49,50). The molecule has 0 fully saturated rings. The monoisotopic (exact) mass is 743 g/mol. The van der Waals surface area contributed by atoms with Crippen molar-refractivity contribution in [2.45, 2.75) is 91.3 Å². The summed E-state index contributed by atoms with van der Waals surface area (Å²) in [5, 5.41) is 31.1. The zero-order valence-corrected chi connectivity index (χ0v) is 31.8. The number of ketones is 1. The number of aryl methyl sites for hydroxylation is 1. The number of allylic oxidation sites excluding steroid dienone is 2. The van der Waals surface area contributed by atoms with Crippen LogP contribution in [0.25, 0.3) is 11.1 Å². The number of aliphatic hydroxyl groups excluding tert-OH is 1. The number of hydrogen-bond donors (Lipinski definition) is 3. The third kappa shape index (κ3) is 10.8. The summed E-state index contributed by atoms with van der Waals surface area (Å²) < 4.78 is 18.8. The average Bonchev–Trinajstić information content (AvgIpc) is 3.70. The van der Waals surface area contributed by atoms with E-state index in [1.165, 1.54) is 0 Å². The first-order valence-corrected chi connectivity index (χ1v) is 18.8. The van der Waals surface area contributed by atoms with Gasteiger partial charge < -0.3 is 29.7 Å². The number of benzene rings is 2. The molecule has 0 spiro atoms. The Morgan fingerprint density at radius 1 is 1.00 bits per heavy atom. The van der Waals surface area contributed by atoms with E-state index < -0.39 is 18.1 Å². The number of nitrogens with zero attached hydrogens (tertiary/aromatic N) is 4. The summed E-state index contributed by atoms with van der Waals surface area (Å²) in [5.74, 6) is -0.881. The maximum Gasteiger partial charge on any atom is 0.407 e. The second kappa shape index (κ2) is 18.9. The molecule has 13 nitrogen and oxygen atoms in total. The highest BCUT2D eigenvalue weighted by Crippen LogP contribution is 2.44. The molecule has 2 aliphatic carbocycles. The molecule has 0 aliphatic heterocycles. The molecular weight excluding hydrogens is 690 g/mol. The lowest BCUT2D eigenvalue weighted by Crippen LogP contribution is -2.41.